The van der Waals surface area contributed by atoms with E-state index in [1.165, 1.54) is 6.20 Å². The first-order valence-corrected chi connectivity index (χ1v) is 6.45. The molecule has 0 unspecified atom stereocenters. The zero-order valence-electron chi connectivity index (χ0n) is 10.3. The summed E-state index contributed by atoms with van der Waals surface area (Å²) >= 11 is 3.47. The first-order valence-electron chi connectivity index (χ1n) is 5.66. The van der Waals surface area contributed by atoms with E-state index in [9.17, 15) is 10.1 Å². The highest BCUT2D eigenvalue weighted by Gasteiger charge is 2.11. The van der Waals surface area contributed by atoms with E-state index in [0.717, 1.165) is 10.0 Å². The predicted molar refractivity (Wildman–Crippen MR) is 77.1 cm³/mol. The largest absolute Gasteiger partial charge is 0.366 e. The summed E-state index contributed by atoms with van der Waals surface area (Å²) in [7, 11) is 0. The van der Waals surface area contributed by atoms with Crippen molar-refractivity contribution in [2.24, 2.45) is 0 Å². The number of benzene rings is 1. The van der Waals surface area contributed by atoms with E-state index in [0.29, 0.717) is 17.9 Å². The molecule has 1 aromatic heterocycles. The molecular formula is C13H12BrN3O2. The van der Waals surface area contributed by atoms with Gasteiger partial charge in [0.25, 0.3) is 5.69 Å². The highest BCUT2D eigenvalue weighted by Crippen LogP contribution is 2.20. The van der Waals surface area contributed by atoms with E-state index in [2.05, 4.69) is 26.2 Å². The lowest BCUT2D eigenvalue weighted by atomic mass is 10.2. The van der Waals surface area contributed by atoms with Gasteiger partial charge in [0, 0.05) is 16.6 Å². The van der Waals surface area contributed by atoms with E-state index in [-0.39, 0.29) is 5.69 Å². The molecule has 0 saturated heterocycles. The summed E-state index contributed by atoms with van der Waals surface area (Å²) in [5, 5.41) is 13.8. The van der Waals surface area contributed by atoms with Crippen LogP contribution in [0.15, 0.2) is 41.0 Å². The predicted octanol–water partition coefficient (Wildman–Crippen LogP) is 3.67. The lowest BCUT2D eigenvalue weighted by Gasteiger charge is -2.08. The summed E-state index contributed by atoms with van der Waals surface area (Å²) in [6.07, 6.45) is 1.28. The SMILES string of the molecule is Cc1cc(NCc2ccccc2Br)ncc1[N+](=O)[O-]. The second-order valence-corrected chi connectivity index (χ2v) is 4.91. The monoisotopic (exact) mass is 321 g/mol. The van der Waals surface area contributed by atoms with Crippen LogP contribution in [0.25, 0.3) is 0 Å². The van der Waals surface area contributed by atoms with Crippen LogP contribution in [-0.4, -0.2) is 9.91 Å². The van der Waals surface area contributed by atoms with Crippen molar-refractivity contribution >= 4 is 27.4 Å². The van der Waals surface area contributed by atoms with Crippen LogP contribution in [-0.2, 0) is 6.54 Å². The Bertz CT molecular complexity index is 617. The van der Waals surface area contributed by atoms with Gasteiger partial charge in [-0.3, -0.25) is 10.1 Å². The fraction of sp³-hybridized carbons (Fsp3) is 0.154. The quantitative estimate of drug-likeness (QED) is 0.689. The van der Waals surface area contributed by atoms with Crippen molar-refractivity contribution in [2.75, 3.05) is 5.32 Å². The van der Waals surface area contributed by atoms with Crippen molar-refractivity contribution in [1.82, 2.24) is 4.98 Å². The zero-order valence-corrected chi connectivity index (χ0v) is 11.8. The molecule has 1 N–H and O–H groups in total. The minimum atomic E-state index is -0.431. The van der Waals surface area contributed by atoms with Gasteiger partial charge in [0.15, 0.2) is 0 Å². The van der Waals surface area contributed by atoms with Crippen molar-refractivity contribution in [3.8, 4) is 0 Å². The average molecular weight is 322 g/mol. The van der Waals surface area contributed by atoms with Crippen molar-refractivity contribution in [2.45, 2.75) is 13.5 Å². The summed E-state index contributed by atoms with van der Waals surface area (Å²) in [5.74, 6) is 0.624. The third kappa shape index (κ3) is 3.29. The number of anilines is 1. The molecule has 19 heavy (non-hydrogen) atoms. The maximum Gasteiger partial charge on any atom is 0.290 e. The third-order valence-corrected chi connectivity index (χ3v) is 3.47. The van der Waals surface area contributed by atoms with Crippen molar-refractivity contribution in [1.29, 1.82) is 0 Å². The number of hydrogen-bond donors (Lipinski definition) is 1. The fourth-order valence-corrected chi connectivity index (χ4v) is 2.09. The van der Waals surface area contributed by atoms with E-state index < -0.39 is 4.92 Å². The number of nitro groups is 1. The number of aromatic nitrogens is 1. The van der Waals surface area contributed by atoms with Gasteiger partial charge in [-0.15, -0.1) is 0 Å². The highest BCUT2D eigenvalue weighted by atomic mass is 79.9. The molecule has 0 saturated carbocycles. The molecule has 6 heteroatoms. The summed E-state index contributed by atoms with van der Waals surface area (Å²) in [6.45, 7) is 2.30. The number of halogens is 1. The molecule has 0 atom stereocenters. The second kappa shape index (κ2) is 5.79. The molecule has 0 fully saturated rings. The van der Waals surface area contributed by atoms with E-state index in [1.807, 2.05) is 24.3 Å². The van der Waals surface area contributed by atoms with Gasteiger partial charge in [0.2, 0.25) is 0 Å². The van der Waals surface area contributed by atoms with Gasteiger partial charge in [-0.05, 0) is 24.6 Å². The normalized spacial score (nSPS) is 10.2. The van der Waals surface area contributed by atoms with Crippen LogP contribution in [0, 0.1) is 17.0 Å². The van der Waals surface area contributed by atoms with E-state index in [1.54, 1.807) is 13.0 Å². The number of nitrogens with zero attached hydrogens (tertiary/aromatic N) is 2. The number of nitrogens with one attached hydrogen (secondary N) is 1. The maximum atomic E-state index is 10.7. The minimum Gasteiger partial charge on any atom is -0.366 e. The molecule has 0 aliphatic carbocycles. The van der Waals surface area contributed by atoms with Gasteiger partial charge < -0.3 is 5.32 Å². The smallest absolute Gasteiger partial charge is 0.290 e. The van der Waals surface area contributed by atoms with Gasteiger partial charge >= 0.3 is 0 Å². The Labute approximate surface area is 119 Å². The molecule has 0 aliphatic rings. The Kier molecular flexibility index (Phi) is 4.11. The molecule has 1 heterocycles. The van der Waals surface area contributed by atoms with Gasteiger partial charge in [0.05, 0.1) is 4.92 Å². The zero-order chi connectivity index (χ0) is 13.8. The van der Waals surface area contributed by atoms with Gasteiger partial charge in [-0.1, -0.05) is 34.1 Å². The molecule has 0 radical (unpaired) electrons. The standard InChI is InChI=1S/C13H12BrN3O2/c1-9-6-13(16-8-12(9)17(18)19)15-7-10-4-2-3-5-11(10)14/h2-6,8H,7H2,1H3,(H,15,16). The molecule has 1 aromatic carbocycles. The Hall–Kier alpha value is -1.95. The second-order valence-electron chi connectivity index (χ2n) is 4.06. The fourth-order valence-electron chi connectivity index (χ4n) is 1.66. The van der Waals surface area contributed by atoms with Crippen LogP contribution in [0.1, 0.15) is 11.1 Å². The minimum absolute atomic E-state index is 0.0337. The molecule has 0 aliphatic heterocycles. The van der Waals surface area contributed by atoms with Crippen LogP contribution in [0.2, 0.25) is 0 Å². The summed E-state index contributed by atoms with van der Waals surface area (Å²) in [6, 6.07) is 9.54. The molecule has 0 amide bonds. The van der Waals surface area contributed by atoms with Crippen molar-refractivity contribution < 1.29 is 4.92 Å². The van der Waals surface area contributed by atoms with E-state index >= 15 is 0 Å². The Morgan fingerprint density at radius 3 is 2.79 bits per heavy atom. The topological polar surface area (TPSA) is 68.1 Å². The molecule has 98 valence electrons. The number of hydrogen-bond acceptors (Lipinski definition) is 4. The van der Waals surface area contributed by atoms with Crippen molar-refractivity contribution in [3.63, 3.8) is 0 Å². The first-order chi connectivity index (χ1) is 9.08. The number of pyridine rings is 1. The number of rotatable bonds is 4. The van der Waals surface area contributed by atoms with Crippen LogP contribution in [0.5, 0.6) is 0 Å². The summed E-state index contributed by atoms with van der Waals surface area (Å²) in [5.41, 5.74) is 1.72. The van der Waals surface area contributed by atoms with Crippen LogP contribution in [0.3, 0.4) is 0 Å². The third-order valence-electron chi connectivity index (χ3n) is 2.70. The van der Waals surface area contributed by atoms with Gasteiger partial charge in [-0.2, -0.15) is 0 Å². The number of aryl methyl sites for hydroxylation is 1. The molecular weight excluding hydrogens is 310 g/mol. The molecule has 0 spiro atoms. The lowest BCUT2D eigenvalue weighted by molar-refractivity contribution is -0.385. The Balaban J connectivity index is 2.11. The highest BCUT2D eigenvalue weighted by molar-refractivity contribution is 9.10. The first kappa shape index (κ1) is 13.5. The molecule has 2 rings (SSSR count). The molecule has 2 aromatic rings. The Morgan fingerprint density at radius 2 is 2.16 bits per heavy atom. The van der Waals surface area contributed by atoms with Crippen LogP contribution < -0.4 is 5.32 Å². The maximum absolute atomic E-state index is 10.7. The summed E-state index contributed by atoms with van der Waals surface area (Å²) in [4.78, 5) is 14.3. The average Bonchev–Trinajstić information content (AvgIpc) is 2.37. The summed E-state index contributed by atoms with van der Waals surface area (Å²) < 4.78 is 1.01. The van der Waals surface area contributed by atoms with E-state index in [4.69, 9.17) is 0 Å². The van der Waals surface area contributed by atoms with Gasteiger partial charge in [0.1, 0.15) is 12.0 Å². The Morgan fingerprint density at radius 1 is 1.42 bits per heavy atom. The van der Waals surface area contributed by atoms with Crippen molar-refractivity contribution in [3.05, 3.63) is 62.2 Å². The van der Waals surface area contributed by atoms with Gasteiger partial charge in [-0.25, -0.2) is 4.98 Å². The lowest BCUT2D eigenvalue weighted by Crippen LogP contribution is -2.03. The van der Waals surface area contributed by atoms with Crippen LogP contribution >= 0.6 is 15.9 Å². The molecule has 5 nitrogen and oxygen atoms in total. The van der Waals surface area contributed by atoms with Crippen LogP contribution in [0.4, 0.5) is 11.5 Å². The molecule has 0 bridgehead atoms.